The number of hydrogen-bond donors (Lipinski definition) is 3. The molecule has 0 saturated heterocycles. The maximum atomic E-state index is 14.8. The summed E-state index contributed by atoms with van der Waals surface area (Å²) >= 11 is 5.41. The molecule has 5 nitrogen and oxygen atoms in total. The molecule has 1 amide bonds. The van der Waals surface area contributed by atoms with E-state index < -0.39 is 11.4 Å². The molecule has 3 atom stereocenters. The summed E-state index contributed by atoms with van der Waals surface area (Å²) in [6.45, 7) is -0.146. The van der Waals surface area contributed by atoms with Gasteiger partial charge in [0.15, 0.2) is 5.11 Å². The van der Waals surface area contributed by atoms with E-state index in [1.807, 2.05) is 6.07 Å². The van der Waals surface area contributed by atoms with Crippen molar-refractivity contribution in [1.82, 2.24) is 10.6 Å². The third-order valence-corrected chi connectivity index (χ3v) is 5.80. The predicted octanol–water partition coefficient (Wildman–Crippen LogP) is 3.13. The van der Waals surface area contributed by atoms with Crippen molar-refractivity contribution in [3.8, 4) is 0 Å². The van der Waals surface area contributed by atoms with E-state index in [0.717, 1.165) is 6.42 Å². The highest BCUT2D eigenvalue weighted by Crippen LogP contribution is 2.43. The van der Waals surface area contributed by atoms with E-state index in [-0.39, 0.29) is 29.6 Å². The number of methoxy groups -OCH3 is 1. The molecular formula is C22H25FN2O3S. The lowest BCUT2D eigenvalue weighted by atomic mass is 9.68. The summed E-state index contributed by atoms with van der Waals surface area (Å²) in [5.41, 5.74) is -0.133. The second-order valence-corrected chi connectivity index (χ2v) is 7.65. The number of benzene rings is 2. The van der Waals surface area contributed by atoms with E-state index >= 15 is 0 Å². The lowest BCUT2D eigenvalue weighted by Crippen LogP contribution is -2.59. The molecule has 0 heterocycles. The van der Waals surface area contributed by atoms with Crippen molar-refractivity contribution in [2.45, 2.75) is 30.9 Å². The van der Waals surface area contributed by atoms with Crippen LogP contribution in [-0.2, 0) is 10.3 Å². The zero-order valence-electron chi connectivity index (χ0n) is 16.2. The highest BCUT2D eigenvalue weighted by molar-refractivity contribution is 7.80. The van der Waals surface area contributed by atoms with E-state index in [4.69, 9.17) is 17.0 Å². The largest absolute Gasteiger partial charge is 0.396 e. The van der Waals surface area contributed by atoms with Crippen LogP contribution in [0.1, 0.15) is 35.2 Å². The van der Waals surface area contributed by atoms with Crippen molar-refractivity contribution in [2.24, 2.45) is 5.92 Å². The van der Waals surface area contributed by atoms with Gasteiger partial charge in [-0.15, -0.1) is 0 Å². The quantitative estimate of drug-likeness (QED) is 0.654. The fourth-order valence-electron chi connectivity index (χ4n) is 4.08. The van der Waals surface area contributed by atoms with Crippen molar-refractivity contribution in [3.05, 3.63) is 71.5 Å². The van der Waals surface area contributed by atoms with Crippen LogP contribution in [0.25, 0.3) is 0 Å². The van der Waals surface area contributed by atoms with Gasteiger partial charge in [0, 0.05) is 37.2 Å². The lowest BCUT2D eigenvalue weighted by molar-refractivity contribution is -0.0104. The number of nitrogens with one attached hydrogen (secondary N) is 2. The van der Waals surface area contributed by atoms with Gasteiger partial charge in [-0.05, 0) is 43.3 Å². The van der Waals surface area contributed by atoms with Crippen LogP contribution < -0.4 is 10.6 Å². The molecule has 3 N–H and O–H groups in total. The Morgan fingerprint density at radius 3 is 2.55 bits per heavy atom. The number of amides is 1. The van der Waals surface area contributed by atoms with Gasteiger partial charge in [-0.2, -0.15) is 0 Å². The summed E-state index contributed by atoms with van der Waals surface area (Å²) in [4.78, 5) is 12.5. The molecule has 0 radical (unpaired) electrons. The molecule has 7 heteroatoms. The minimum atomic E-state index is -1.000. The number of carbonyl (C=O) groups is 1. The minimum Gasteiger partial charge on any atom is -0.396 e. The molecule has 2 unspecified atom stereocenters. The smallest absolute Gasteiger partial charge is 0.257 e. The number of halogens is 1. The average molecular weight is 417 g/mol. The number of hydrogen-bond acceptors (Lipinski definition) is 4. The summed E-state index contributed by atoms with van der Waals surface area (Å²) < 4.78 is 20.4. The minimum absolute atomic E-state index is 0.0808. The van der Waals surface area contributed by atoms with E-state index in [2.05, 4.69) is 10.6 Å². The van der Waals surface area contributed by atoms with Gasteiger partial charge in [-0.25, -0.2) is 4.39 Å². The monoisotopic (exact) mass is 416 g/mol. The highest BCUT2D eigenvalue weighted by atomic mass is 32.1. The number of carbonyl (C=O) groups excluding carboxylic acids is 1. The van der Waals surface area contributed by atoms with Gasteiger partial charge in [0.25, 0.3) is 5.91 Å². The van der Waals surface area contributed by atoms with Crippen LogP contribution in [0.2, 0.25) is 0 Å². The predicted molar refractivity (Wildman–Crippen MR) is 113 cm³/mol. The van der Waals surface area contributed by atoms with Gasteiger partial charge in [0.1, 0.15) is 5.82 Å². The first-order valence-corrected chi connectivity index (χ1v) is 9.98. The number of thiocarbonyl (C=S) groups is 1. The standard InChI is InChI=1S/C22H25FN2O3S/c1-28-17-12-11-16(14-26)22(13-17,18-9-5-6-10-19(18)23)25-21(29)24-20(27)15-7-3-2-4-8-15/h2-10,16-17,26H,11-14H2,1H3,(H2,24,25,27,29)/t16?,17-,22?/m0/s1. The molecule has 1 aliphatic carbocycles. The van der Waals surface area contributed by atoms with E-state index in [9.17, 15) is 14.3 Å². The Bertz CT molecular complexity index is 864. The van der Waals surface area contributed by atoms with Crippen molar-refractivity contribution >= 4 is 23.2 Å². The summed E-state index contributed by atoms with van der Waals surface area (Å²) in [7, 11) is 1.62. The first-order valence-electron chi connectivity index (χ1n) is 9.57. The molecule has 1 fully saturated rings. The average Bonchev–Trinajstić information content (AvgIpc) is 2.74. The third-order valence-electron chi connectivity index (χ3n) is 5.59. The second kappa shape index (κ2) is 9.43. The van der Waals surface area contributed by atoms with Gasteiger partial charge in [0.2, 0.25) is 0 Å². The molecule has 2 aromatic rings. The Morgan fingerprint density at radius 2 is 1.90 bits per heavy atom. The van der Waals surface area contributed by atoms with Crippen molar-refractivity contribution < 1.29 is 19.0 Å². The normalized spacial score (nSPS) is 24.0. The SMILES string of the molecule is CO[C@H]1CCC(CO)C(NC(=S)NC(=O)c2ccccc2)(c2ccccc2F)C1. The number of aliphatic hydroxyl groups is 1. The molecule has 154 valence electrons. The van der Waals surface area contributed by atoms with Crippen LogP contribution in [0.15, 0.2) is 54.6 Å². The molecule has 2 aromatic carbocycles. The first kappa shape index (κ1) is 21.4. The summed E-state index contributed by atoms with van der Waals surface area (Å²) in [5, 5.41) is 16.0. The van der Waals surface area contributed by atoms with Crippen LogP contribution in [-0.4, -0.2) is 35.9 Å². The topological polar surface area (TPSA) is 70.6 Å². The number of aliphatic hydroxyl groups excluding tert-OH is 1. The Hall–Kier alpha value is -2.35. The molecule has 1 saturated carbocycles. The van der Waals surface area contributed by atoms with Crippen molar-refractivity contribution in [1.29, 1.82) is 0 Å². The van der Waals surface area contributed by atoms with E-state index in [1.54, 1.807) is 49.6 Å². The molecule has 3 rings (SSSR count). The first-order chi connectivity index (χ1) is 14.0. The molecule has 0 bridgehead atoms. The summed E-state index contributed by atoms with van der Waals surface area (Å²) in [6.07, 6.45) is 1.67. The van der Waals surface area contributed by atoms with Crippen LogP contribution in [0, 0.1) is 11.7 Å². The van der Waals surface area contributed by atoms with Crippen LogP contribution in [0.5, 0.6) is 0 Å². The molecular weight excluding hydrogens is 391 g/mol. The fourth-order valence-corrected chi connectivity index (χ4v) is 4.36. The van der Waals surface area contributed by atoms with Crippen LogP contribution in [0.3, 0.4) is 0 Å². The molecule has 0 aliphatic heterocycles. The summed E-state index contributed by atoms with van der Waals surface area (Å²) in [5.74, 6) is -1.05. The van der Waals surface area contributed by atoms with E-state index in [1.165, 1.54) is 6.07 Å². The van der Waals surface area contributed by atoms with Crippen LogP contribution in [0.4, 0.5) is 4.39 Å². The second-order valence-electron chi connectivity index (χ2n) is 7.24. The van der Waals surface area contributed by atoms with E-state index in [0.29, 0.717) is 24.0 Å². The fraction of sp³-hybridized carbons (Fsp3) is 0.364. The lowest BCUT2D eigenvalue weighted by Gasteiger charge is -2.47. The molecule has 29 heavy (non-hydrogen) atoms. The highest BCUT2D eigenvalue weighted by Gasteiger charge is 2.47. The Balaban J connectivity index is 1.92. The van der Waals surface area contributed by atoms with Crippen molar-refractivity contribution in [3.63, 3.8) is 0 Å². The Labute approximate surface area is 175 Å². The molecule has 0 spiro atoms. The molecule has 0 aromatic heterocycles. The zero-order valence-corrected chi connectivity index (χ0v) is 17.0. The van der Waals surface area contributed by atoms with Gasteiger partial charge < -0.3 is 15.2 Å². The maximum absolute atomic E-state index is 14.8. The van der Waals surface area contributed by atoms with Gasteiger partial charge in [-0.1, -0.05) is 36.4 Å². The molecule has 1 aliphatic rings. The van der Waals surface area contributed by atoms with Gasteiger partial charge >= 0.3 is 0 Å². The zero-order chi connectivity index (χ0) is 20.9. The Kier molecular flexibility index (Phi) is 6.95. The van der Waals surface area contributed by atoms with Gasteiger partial charge in [-0.3, -0.25) is 10.1 Å². The number of rotatable bonds is 5. The number of ether oxygens (including phenoxy) is 1. The Morgan fingerprint density at radius 1 is 1.21 bits per heavy atom. The van der Waals surface area contributed by atoms with Crippen molar-refractivity contribution in [2.75, 3.05) is 13.7 Å². The van der Waals surface area contributed by atoms with Gasteiger partial charge in [0.05, 0.1) is 11.6 Å². The summed E-state index contributed by atoms with van der Waals surface area (Å²) in [6, 6.07) is 15.1. The third kappa shape index (κ3) is 4.63. The van der Waals surface area contributed by atoms with Crippen LogP contribution >= 0.6 is 12.2 Å². The maximum Gasteiger partial charge on any atom is 0.257 e.